The number of anilines is 1. The Kier molecular flexibility index (Phi) is 5.52. The lowest BCUT2D eigenvalue weighted by Gasteiger charge is -2.32. The molecule has 0 radical (unpaired) electrons. The van der Waals surface area contributed by atoms with Crippen LogP contribution in [0, 0.1) is 5.92 Å². The minimum Gasteiger partial charge on any atom is -0.384 e. The SMILES string of the molecule is COCC1CCCN(C(=O)Nc2ccc(Cl)c(Cl)c2)C1. The van der Waals surface area contributed by atoms with E-state index in [1.54, 1.807) is 25.3 Å². The maximum absolute atomic E-state index is 12.2. The van der Waals surface area contributed by atoms with Gasteiger partial charge in [-0.3, -0.25) is 0 Å². The van der Waals surface area contributed by atoms with Gasteiger partial charge in [-0.1, -0.05) is 23.2 Å². The number of halogens is 2. The predicted octanol–water partition coefficient (Wildman–Crippen LogP) is 3.88. The first-order chi connectivity index (χ1) is 9.60. The van der Waals surface area contributed by atoms with Crippen molar-refractivity contribution in [3.8, 4) is 0 Å². The number of nitrogens with one attached hydrogen (secondary N) is 1. The third-order valence-electron chi connectivity index (χ3n) is 3.38. The molecule has 0 bridgehead atoms. The summed E-state index contributed by atoms with van der Waals surface area (Å²) in [5.41, 5.74) is 0.651. The van der Waals surface area contributed by atoms with Crippen LogP contribution >= 0.6 is 23.2 Å². The van der Waals surface area contributed by atoms with Gasteiger partial charge in [-0.15, -0.1) is 0 Å². The fourth-order valence-electron chi connectivity index (χ4n) is 2.40. The number of hydrogen-bond donors (Lipinski definition) is 1. The van der Waals surface area contributed by atoms with Crippen LogP contribution in [0.15, 0.2) is 18.2 Å². The van der Waals surface area contributed by atoms with Crippen LogP contribution in [0.4, 0.5) is 10.5 Å². The van der Waals surface area contributed by atoms with E-state index in [0.717, 1.165) is 25.9 Å². The number of amides is 2. The molecule has 2 amide bonds. The summed E-state index contributed by atoms with van der Waals surface area (Å²) >= 11 is 11.8. The molecule has 1 heterocycles. The Morgan fingerprint density at radius 2 is 2.25 bits per heavy atom. The van der Waals surface area contributed by atoms with Crippen molar-refractivity contribution in [1.82, 2.24) is 4.90 Å². The molecule has 0 aliphatic carbocycles. The minimum absolute atomic E-state index is 0.107. The number of methoxy groups -OCH3 is 1. The van der Waals surface area contributed by atoms with E-state index in [2.05, 4.69) is 5.32 Å². The molecule has 1 aromatic carbocycles. The fraction of sp³-hybridized carbons (Fsp3) is 0.500. The minimum atomic E-state index is -0.107. The van der Waals surface area contributed by atoms with Crippen molar-refractivity contribution in [2.24, 2.45) is 5.92 Å². The van der Waals surface area contributed by atoms with Crippen molar-refractivity contribution < 1.29 is 9.53 Å². The molecule has 6 heteroatoms. The van der Waals surface area contributed by atoms with Gasteiger partial charge in [0.25, 0.3) is 0 Å². The van der Waals surface area contributed by atoms with Crippen molar-refractivity contribution in [2.75, 3.05) is 32.1 Å². The van der Waals surface area contributed by atoms with Crippen LogP contribution in [0.5, 0.6) is 0 Å². The fourth-order valence-corrected chi connectivity index (χ4v) is 2.70. The lowest BCUT2D eigenvalue weighted by atomic mass is 9.99. The third-order valence-corrected chi connectivity index (χ3v) is 4.12. The highest BCUT2D eigenvalue weighted by Gasteiger charge is 2.23. The maximum Gasteiger partial charge on any atom is 0.321 e. The van der Waals surface area contributed by atoms with E-state index in [0.29, 0.717) is 28.3 Å². The zero-order valence-corrected chi connectivity index (χ0v) is 12.9. The molecule has 0 saturated carbocycles. The molecule has 1 saturated heterocycles. The second kappa shape index (κ2) is 7.16. The molecule has 1 atom stereocenters. The summed E-state index contributed by atoms with van der Waals surface area (Å²) < 4.78 is 5.17. The average Bonchev–Trinajstić information content (AvgIpc) is 2.43. The highest BCUT2D eigenvalue weighted by molar-refractivity contribution is 6.42. The van der Waals surface area contributed by atoms with Gasteiger partial charge in [0.05, 0.1) is 16.7 Å². The normalized spacial score (nSPS) is 18.9. The molecule has 0 spiro atoms. The van der Waals surface area contributed by atoms with Gasteiger partial charge in [-0.05, 0) is 31.0 Å². The molecule has 4 nitrogen and oxygen atoms in total. The van der Waals surface area contributed by atoms with Crippen molar-refractivity contribution in [3.63, 3.8) is 0 Å². The molecule has 20 heavy (non-hydrogen) atoms. The van der Waals surface area contributed by atoms with Crippen LogP contribution < -0.4 is 5.32 Å². The second-order valence-corrected chi connectivity index (χ2v) is 5.78. The standard InChI is InChI=1S/C14H18Cl2N2O2/c1-20-9-10-3-2-6-18(8-10)14(19)17-11-4-5-12(15)13(16)7-11/h4-5,7,10H,2-3,6,8-9H2,1H3,(H,17,19). The average molecular weight is 317 g/mol. The number of ether oxygens (including phenoxy) is 1. The largest absolute Gasteiger partial charge is 0.384 e. The van der Waals surface area contributed by atoms with Gasteiger partial charge in [-0.2, -0.15) is 0 Å². The Hall–Kier alpha value is -0.970. The summed E-state index contributed by atoms with van der Waals surface area (Å²) in [4.78, 5) is 14.0. The molecule has 1 fully saturated rings. The molecule has 110 valence electrons. The van der Waals surface area contributed by atoms with Gasteiger partial charge in [0.1, 0.15) is 0 Å². The topological polar surface area (TPSA) is 41.6 Å². The highest BCUT2D eigenvalue weighted by Crippen LogP contribution is 2.25. The summed E-state index contributed by atoms with van der Waals surface area (Å²) in [6.45, 7) is 2.19. The number of carbonyl (C=O) groups excluding carboxylic acids is 1. The summed E-state index contributed by atoms with van der Waals surface area (Å²) in [6, 6.07) is 4.95. The first-order valence-electron chi connectivity index (χ1n) is 6.60. The van der Waals surface area contributed by atoms with E-state index in [-0.39, 0.29) is 6.03 Å². The van der Waals surface area contributed by atoms with Gasteiger partial charge >= 0.3 is 6.03 Å². The maximum atomic E-state index is 12.2. The Balaban J connectivity index is 1.95. The summed E-state index contributed by atoms with van der Waals surface area (Å²) in [7, 11) is 1.69. The lowest BCUT2D eigenvalue weighted by Crippen LogP contribution is -2.43. The zero-order valence-electron chi connectivity index (χ0n) is 11.4. The number of rotatable bonds is 3. The Morgan fingerprint density at radius 1 is 1.45 bits per heavy atom. The molecular weight excluding hydrogens is 299 g/mol. The first-order valence-corrected chi connectivity index (χ1v) is 7.35. The third kappa shape index (κ3) is 4.01. The predicted molar refractivity (Wildman–Crippen MR) is 81.7 cm³/mol. The molecule has 2 rings (SSSR count). The second-order valence-electron chi connectivity index (χ2n) is 4.97. The first kappa shape index (κ1) is 15.4. The van der Waals surface area contributed by atoms with Crippen LogP contribution in [0.2, 0.25) is 10.0 Å². The molecule has 1 unspecified atom stereocenters. The van der Waals surface area contributed by atoms with Crippen molar-refractivity contribution >= 4 is 34.9 Å². The van der Waals surface area contributed by atoms with E-state index in [4.69, 9.17) is 27.9 Å². The summed E-state index contributed by atoms with van der Waals surface area (Å²) in [6.07, 6.45) is 2.10. The van der Waals surface area contributed by atoms with Gasteiger partial charge < -0.3 is 15.0 Å². The van der Waals surface area contributed by atoms with E-state index in [9.17, 15) is 4.79 Å². The smallest absolute Gasteiger partial charge is 0.321 e. The van der Waals surface area contributed by atoms with E-state index in [1.165, 1.54) is 0 Å². The molecule has 1 aromatic rings. The Morgan fingerprint density at radius 3 is 2.95 bits per heavy atom. The van der Waals surface area contributed by atoms with Gasteiger partial charge in [0, 0.05) is 31.8 Å². The monoisotopic (exact) mass is 316 g/mol. The van der Waals surface area contributed by atoms with E-state index < -0.39 is 0 Å². The Bertz CT molecular complexity index is 480. The molecular formula is C14H18Cl2N2O2. The van der Waals surface area contributed by atoms with Crippen LogP contribution in [0.1, 0.15) is 12.8 Å². The zero-order chi connectivity index (χ0) is 14.5. The van der Waals surface area contributed by atoms with Gasteiger partial charge in [0.2, 0.25) is 0 Å². The molecule has 0 aromatic heterocycles. The van der Waals surface area contributed by atoms with Crippen molar-refractivity contribution in [3.05, 3.63) is 28.2 Å². The van der Waals surface area contributed by atoms with Gasteiger partial charge in [-0.25, -0.2) is 4.79 Å². The number of urea groups is 1. The molecule has 1 aliphatic rings. The van der Waals surface area contributed by atoms with Gasteiger partial charge in [0.15, 0.2) is 0 Å². The quantitative estimate of drug-likeness (QED) is 0.919. The molecule has 1 aliphatic heterocycles. The van der Waals surface area contributed by atoms with Crippen LogP contribution in [0.25, 0.3) is 0 Å². The van der Waals surface area contributed by atoms with E-state index >= 15 is 0 Å². The van der Waals surface area contributed by atoms with E-state index in [1.807, 2.05) is 4.90 Å². The van der Waals surface area contributed by atoms with Crippen LogP contribution in [-0.2, 0) is 4.74 Å². The number of piperidine rings is 1. The number of hydrogen-bond acceptors (Lipinski definition) is 2. The van der Waals surface area contributed by atoms with Crippen molar-refractivity contribution in [2.45, 2.75) is 12.8 Å². The van der Waals surface area contributed by atoms with Crippen LogP contribution in [0.3, 0.4) is 0 Å². The molecule has 1 N–H and O–H groups in total. The lowest BCUT2D eigenvalue weighted by molar-refractivity contribution is 0.104. The summed E-state index contributed by atoms with van der Waals surface area (Å²) in [5, 5.41) is 3.75. The summed E-state index contributed by atoms with van der Waals surface area (Å²) in [5.74, 6) is 0.410. The number of benzene rings is 1. The Labute approximate surface area is 129 Å². The van der Waals surface area contributed by atoms with Crippen LogP contribution in [-0.4, -0.2) is 37.7 Å². The number of nitrogens with zero attached hydrogens (tertiary/aromatic N) is 1. The highest BCUT2D eigenvalue weighted by atomic mass is 35.5. The van der Waals surface area contributed by atoms with Crippen molar-refractivity contribution in [1.29, 1.82) is 0 Å². The number of likely N-dealkylation sites (tertiary alicyclic amines) is 1. The number of carbonyl (C=O) groups is 1.